The Morgan fingerprint density at radius 2 is 2.00 bits per heavy atom. The Balaban J connectivity index is 2.30. The van der Waals surface area contributed by atoms with Crippen molar-refractivity contribution in [1.82, 2.24) is 4.98 Å². The number of carbonyl (C=O) groups excluding carboxylic acids is 1. The third-order valence-electron chi connectivity index (χ3n) is 2.63. The van der Waals surface area contributed by atoms with Crippen LogP contribution in [0.3, 0.4) is 0 Å². The van der Waals surface area contributed by atoms with Crippen LogP contribution in [0.4, 0.5) is 13.2 Å². The second kappa shape index (κ2) is 3.80. The molecule has 0 saturated heterocycles. The second-order valence-corrected chi connectivity index (χ2v) is 6.20. The summed E-state index contributed by atoms with van der Waals surface area (Å²) >= 11 is 0.890. The molecule has 1 aliphatic carbocycles. The Morgan fingerprint density at radius 3 is 2.59 bits per heavy atom. The summed E-state index contributed by atoms with van der Waals surface area (Å²) in [5, 5.41) is -0.00597. The predicted molar refractivity (Wildman–Crippen MR) is 58.3 cm³/mol. The van der Waals surface area contributed by atoms with E-state index in [1.807, 2.05) is 13.8 Å². The lowest BCUT2D eigenvalue weighted by atomic mass is 9.78. The van der Waals surface area contributed by atoms with E-state index in [0.717, 1.165) is 11.3 Å². The summed E-state index contributed by atoms with van der Waals surface area (Å²) in [7, 11) is 0. The fourth-order valence-electron chi connectivity index (χ4n) is 2.02. The van der Waals surface area contributed by atoms with Gasteiger partial charge in [0.25, 0.3) is 0 Å². The molecule has 1 aromatic rings. The van der Waals surface area contributed by atoms with Crippen LogP contribution in [-0.2, 0) is 12.8 Å². The van der Waals surface area contributed by atoms with Gasteiger partial charge in [0.1, 0.15) is 5.01 Å². The minimum Gasteiger partial charge on any atom is -0.293 e. The van der Waals surface area contributed by atoms with Crippen LogP contribution in [0.25, 0.3) is 0 Å². The number of hydrogen-bond acceptors (Lipinski definition) is 3. The summed E-state index contributed by atoms with van der Waals surface area (Å²) in [6.45, 7) is 3.85. The molecule has 1 aromatic heterocycles. The lowest BCUT2D eigenvalue weighted by molar-refractivity contribution is -0.127. The lowest BCUT2D eigenvalue weighted by Gasteiger charge is -2.26. The Hall–Kier alpha value is -0.910. The SMILES string of the molecule is CC1(C)CC(=O)c2sc(CC(F)(F)F)nc2C1. The van der Waals surface area contributed by atoms with Gasteiger partial charge in [-0.2, -0.15) is 13.2 Å². The van der Waals surface area contributed by atoms with Gasteiger partial charge in [0.15, 0.2) is 5.78 Å². The summed E-state index contributed by atoms with van der Waals surface area (Å²) in [5.74, 6) is -0.0813. The van der Waals surface area contributed by atoms with Gasteiger partial charge >= 0.3 is 6.18 Å². The molecule has 0 saturated carbocycles. The van der Waals surface area contributed by atoms with Gasteiger partial charge in [-0.05, 0) is 11.8 Å². The van der Waals surface area contributed by atoms with Crippen molar-refractivity contribution in [2.24, 2.45) is 5.41 Å². The molecule has 0 aromatic carbocycles. The first-order valence-electron chi connectivity index (χ1n) is 5.25. The molecule has 1 heterocycles. The monoisotopic (exact) mass is 263 g/mol. The first-order chi connectivity index (χ1) is 7.66. The summed E-state index contributed by atoms with van der Waals surface area (Å²) in [4.78, 5) is 16.1. The largest absolute Gasteiger partial charge is 0.395 e. The van der Waals surface area contributed by atoms with E-state index in [-0.39, 0.29) is 16.2 Å². The van der Waals surface area contributed by atoms with Gasteiger partial charge in [0.05, 0.1) is 17.0 Å². The zero-order valence-corrected chi connectivity index (χ0v) is 10.3. The smallest absolute Gasteiger partial charge is 0.293 e. The average molecular weight is 263 g/mol. The molecule has 0 atom stereocenters. The molecule has 0 bridgehead atoms. The number of carbonyl (C=O) groups is 1. The highest BCUT2D eigenvalue weighted by Crippen LogP contribution is 2.38. The molecule has 2 nitrogen and oxygen atoms in total. The van der Waals surface area contributed by atoms with Gasteiger partial charge in [0, 0.05) is 6.42 Å². The zero-order valence-electron chi connectivity index (χ0n) is 9.52. The van der Waals surface area contributed by atoms with Crippen LogP contribution >= 0.6 is 11.3 Å². The molecule has 0 spiro atoms. The third kappa shape index (κ3) is 2.86. The second-order valence-electron chi connectivity index (χ2n) is 5.12. The molecule has 2 rings (SSSR count). The van der Waals surface area contributed by atoms with Crippen LogP contribution in [0.15, 0.2) is 0 Å². The van der Waals surface area contributed by atoms with E-state index in [4.69, 9.17) is 0 Å². The van der Waals surface area contributed by atoms with Crippen molar-refractivity contribution >= 4 is 17.1 Å². The highest BCUT2D eigenvalue weighted by atomic mass is 32.1. The van der Waals surface area contributed by atoms with Crippen LogP contribution in [0.2, 0.25) is 0 Å². The molecule has 6 heteroatoms. The molecule has 0 radical (unpaired) electrons. The average Bonchev–Trinajstić information content (AvgIpc) is 2.41. The van der Waals surface area contributed by atoms with Gasteiger partial charge in [-0.25, -0.2) is 4.98 Å². The lowest BCUT2D eigenvalue weighted by Crippen LogP contribution is -2.26. The predicted octanol–water partition coefficient (Wildman–Crippen LogP) is 3.40. The van der Waals surface area contributed by atoms with Crippen molar-refractivity contribution in [1.29, 1.82) is 0 Å². The van der Waals surface area contributed by atoms with Crippen LogP contribution in [0, 0.1) is 5.41 Å². The Labute approximate surface area is 101 Å². The molecule has 94 valence electrons. The molecule has 0 N–H and O–H groups in total. The number of aromatic nitrogens is 1. The molecule has 0 unspecified atom stereocenters. The Morgan fingerprint density at radius 1 is 1.35 bits per heavy atom. The number of ketones is 1. The van der Waals surface area contributed by atoms with Gasteiger partial charge in [0.2, 0.25) is 0 Å². The first-order valence-corrected chi connectivity index (χ1v) is 6.06. The van der Waals surface area contributed by atoms with Crippen molar-refractivity contribution in [2.45, 2.75) is 39.3 Å². The van der Waals surface area contributed by atoms with Crippen molar-refractivity contribution in [3.05, 3.63) is 15.6 Å². The summed E-state index contributed by atoms with van der Waals surface area (Å²) in [5.41, 5.74) is 0.337. The zero-order chi connectivity index (χ0) is 12.8. The maximum atomic E-state index is 12.2. The first kappa shape index (κ1) is 12.5. The van der Waals surface area contributed by atoms with Gasteiger partial charge in [-0.1, -0.05) is 13.8 Å². The summed E-state index contributed by atoms with van der Waals surface area (Å²) in [6.07, 6.45) is -4.35. The number of Topliss-reactive ketones (excluding diaryl/α,β-unsaturated/α-hetero) is 1. The maximum absolute atomic E-state index is 12.2. The van der Waals surface area contributed by atoms with Crippen LogP contribution < -0.4 is 0 Å². The number of halogens is 3. The molecule has 0 amide bonds. The summed E-state index contributed by atoms with van der Waals surface area (Å²) in [6, 6.07) is 0. The number of fused-ring (bicyclic) bond motifs is 1. The highest BCUT2D eigenvalue weighted by molar-refractivity contribution is 7.13. The maximum Gasteiger partial charge on any atom is 0.395 e. The fourth-order valence-corrected chi connectivity index (χ4v) is 3.07. The number of thiazole rings is 1. The molecule has 0 fully saturated rings. The van der Waals surface area contributed by atoms with Gasteiger partial charge in [-0.3, -0.25) is 4.79 Å². The number of nitrogens with zero attached hydrogens (tertiary/aromatic N) is 1. The van der Waals surface area contributed by atoms with Crippen LogP contribution in [0.5, 0.6) is 0 Å². The van der Waals surface area contributed by atoms with E-state index in [0.29, 0.717) is 23.4 Å². The number of rotatable bonds is 1. The Bertz CT molecular complexity index is 462. The highest BCUT2D eigenvalue weighted by Gasteiger charge is 2.36. The minimum atomic E-state index is -4.26. The van der Waals surface area contributed by atoms with Gasteiger partial charge in [-0.15, -0.1) is 11.3 Å². The quantitative estimate of drug-likeness (QED) is 0.777. The van der Waals surface area contributed by atoms with Crippen molar-refractivity contribution < 1.29 is 18.0 Å². The number of alkyl halides is 3. The van der Waals surface area contributed by atoms with E-state index in [1.165, 1.54) is 0 Å². The molecule has 1 aliphatic rings. The Kier molecular flexibility index (Phi) is 2.80. The standard InChI is InChI=1S/C11H12F3NOS/c1-10(2)3-6-9(7(16)4-10)17-8(15-6)5-11(12,13)14/h3-5H2,1-2H3. The number of hydrogen-bond donors (Lipinski definition) is 0. The summed E-state index contributed by atoms with van der Waals surface area (Å²) < 4.78 is 36.7. The van der Waals surface area contributed by atoms with Crippen LogP contribution in [-0.4, -0.2) is 16.9 Å². The molecular formula is C11H12F3NOS. The topological polar surface area (TPSA) is 30.0 Å². The van der Waals surface area contributed by atoms with E-state index < -0.39 is 12.6 Å². The van der Waals surface area contributed by atoms with E-state index in [9.17, 15) is 18.0 Å². The van der Waals surface area contributed by atoms with Crippen molar-refractivity contribution in [3.63, 3.8) is 0 Å². The van der Waals surface area contributed by atoms with E-state index in [2.05, 4.69) is 4.98 Å². The minimum absolute atomic E-state index is 0.00597. The van der Waals surface area contributed by atoms with Crippen molar-refractivity contribution in [2.75, 3.05) is 0 Å². The fraction of sp³-hybridized carbons (Fsp3) is 0.636. The third-order valence-corrected chi connectivity index (χ3v) is 3.77. The van der Waals surface area contributed by atoms with E-state index in [1.54, 1.807) is 0 Å². The molecular weight excluding hydrogens is 251 g/mol. The normalized spacial score (nSPS) is 19.2. The van der Waals surface area contributed by atoms with Crippen LogP contribution in [0.1, 0.15) is 40.6 Å². The van der Waals surface area contributed by atoms with Crippen molar-refractivity contribution in [3.8, 4) is 0 Å². The van der Waals surface area contributed by atoms with E-state index >= 15 is 0 Å². The van der Waals surface area contributed by atoms with Gasteiger partial charge < -0.3 is 0 Å². The molecule has 0 aliphatic heterocycles. The molecule has 17 heavy (non-hydrogen) atoms.